The summed E-state index contributed by atoms with van der Waals surface area (Å²) in [5.74, 6) is -0.0444. The van der Waals surface area contributed by atoms with Gasteiger partial charge in [-0.1, -0.05) is 6.92 Å². The molecule has 1 amide bonds. The predicted molar refractivity (Wildman–Crippen MR) is 74.9 cm³/mol. The van der Waals surface area contributed by atoms with E-state index in [0.29, 0.717) is 31.9 Å². The summed E-state index contributed by atoms with van der Waals surface area (Å²) in [6.45, 7) is 4.18. The molecule has 19 heavy (non-hydrogen) atoms. The molecule has 0 aromatic rings. The van der Waals surface area contributed by atoms with Crippen molar-refractivity contribution in [2.45, 2.75) is 57.6 Å². The summed E-state index contributed by atoms with van der Waals surface area (Å²) in [6.07, 6.45) is 6.42. The van der Waals surface area contributed by atoms with Gasteiger partial charge < -0.3 is 20.5 Å². The van der Waals surface area contributed by atoms with Gasteiger partial charge in [-0.3, -0.25) is 4.79 Å². The molecule has 1 aliphatic carbocycles. The fraction of sp³-hybridized carbons (Fsp3) is 0.929. The summed E-state index contributed by atoms with van der Waals surface area (Å²) in [6, 6.07) is 0.363. The molecule has 0 heterocycles. The van der Waals surface area contributed by atoms with E-state index < -0.39 is 0 Å². The van der Waals surface area contributed by atoms with E-state index in [4.69, 9.17) is 15.2 Å². The Kier molecular flexibility index (Phi) is 8.79. The van der Waals surface area contributed by atoms with E-state index in [1.54, 1.807) is 0 Å². The van der Waals surface area contributed by atoms with Crippen LogP contribution in [0.1, 0.15) is 45.4 Å². The van der Waals surface area contributed by atoms with Gasteiger partial charge in [0.2, 0.25) is 5.91 Å². The highest BCUT2D eigenvalue weighted by Gasteiger charge is 2.18. The standard InChI is InChI=1S/C14H28N2O3/c1-2-9-18-11-14(17)16-8-3-10-19-13-6-4-12(15)5-7-13/h12-13H,2-11,15H2,1H3,(H,16,17). The molecule has 0 bridgehead atoms. The third-order valence-corrected chi connectivity index (χ3v) is 3.30. The van der Waals surface area contributed by atoms with E-state index in [1.165, 1.54) is 0 Å². The van der Waals surface area contributed by atoms with Crippen molar-refractivity contribution in [1.82, 2.24) is 5.32 Å². The Morgan fingerprint density at radius 2 is 2.00 bits per heavy atom. The molecule has 3 N–H and O–H groups in total. The second-order valence-electron chi connectivity index (χ2n) is 5.16. The maximum Gasteiger partial charge on any atom is 0.245 e. The first-order valence-corrected chi connectivity index (χ1v) is 7.44. The van der Waals surface area contributed by atoms with Crippen LogP contribution in [0, 0.1) is 0 Å². The Bertz CT molecular complexity index is 241. The summed E-state index contributed by atoms with van der Waals surface area (Å²) in [7, 11) is 0. The van der Waals surface area contributed by atoms with E-state index >= 15 is 0 Å². The Hall–Kier alpha value is -0.650. The van der Waals surface area contributed by atoms with Crippen LogP contribution < -0.4 is 11.1 Å². The first kappa shape index (κ1) is 16.4. The number of ether oxygens (including phenoxy) is 2. The van der Waals surface area contributed by atoms with Crippen LogP contribution in [0.25, 0.3) is 0 Å². The van der Waals surface area contributed by atoms with Crippen LogP contribution in [0.15, 0.2) is 0 Å². The van der Waals surface area contributed by atoms with Gasteiger partial charge in [0.1, 0.15) is 6.61 Å². The molecular weight excluding hydrogens is 244 g/mol. The zero-order valence-corrected chi connectivity index (χ0v) is 12.0. The molecule has 0 atom stereocenters. The average Bonchev–Trinajstić information content (AvgIpc) is 2.41. The first-order chi connectivity index (χ1) is 9.22. The normalized spacial score (nSPS) is 23.3. The summed E-state index contributed by atoms with van der Waals surface area (Å²) in [5, 5.41) is 2.82. The lowest BCUT2D eigenvalue weighted by Gasteiger charge is -2.26. The second-order valence-corrected chi connectivity index (χ2v) is 5.16. The summed E-state index contributed by atoms with van der Waals surface area (Å²) >= 11 is 0. The predicted octanol–water partition coefficient (Wildman–Crippen LogP) is 1.21. The van der Waals surface area contributed by atoms with Gasteiger partial charge in [0.25, 0.3) is 0 Å². The van der Waals surface area contributed by atoms with Crippen molar-refractivity contribution in [3.63, 3.8) is 0 Å². The summed E-state index contributed by atoms with van der Waals surface area (Å²) in [5.41, 5.74) is 5.84. The minimum atomic E-state index is -0.0444. The van der Waals surface area contributed by atoms with Crippen LogP contribution in [0.4, 0.5) is 0 Å². The highest BCUT2D eigenvalue weighted by atomic mass is 16.5. The van der Waals surface area contributed by atoms with Crippen molar-refractivity contribution >= 4 is 5.91 Å². The Morgan fingerprint density at radius 1 is 1.26 bits per heavy atom. The minimum absolute atomic E-state index is 0.0444. The topological polar surface area (TPSA) is 73.6 Å². The molecule has 0 radical (unpaired) electrons. The van der Waals surface area contributed by atoms with Gasteiger partial charge in [-0.2, -0.15) is 0 Å². The van der Waals surface area contributed by atoms with Crippen LogP contribution in [-0.2, 0) is 14.3 Å². The number of hydrogen-bond donors (Lipinski definition) is 2. The van der Waals surface area contributed by atoms with E-state index in [1.807, 2.05) is 6.92 Å². The molecule has 1 rings (SSSR count). The molecule has 0 unspecified atom stereocenters. The van der Waals surface area contributed by atoms with Gasteiger partial charge in [-0.15, -0.1) is 0 Å². The number of rotatable bonds is 9. The minimum Gasteiger partial charge on any atom is -0.378 e. The van der Waals surface area contributed by atoms with Crippen molar-refractivity contribution in [2.24, 2.45) is 5.73 Å². The van der Waals surface area contributed by atoms with E-state index in [9.17, 15) is 4.79 Å². The average molecular weight is 272 g/mol. The van der Waals surface area contributed by atoms with Crippen molar-refractivity contribution < 1.29 is 14.3 Å². The smallest absolute Gasteiger partial charge is 0.245 e. The molecular formula is C14H28N2O3. The molecule has 0 aromatic carbocycles. The molecule has 1 fully saturated rings. The van der Waals surface area contributed by atoms with Gasteiger partial charge in [-0.05, 0) is 38.5 Å². The number of carbonyl (C=O) groups is 1. The summed E-state index contributed by atoms with van der Waals surface area (Å²) in [4.78, 5) is 11.3. The summed E-state index contributed by atoms with van der Waals surface area (Å²) < 4.78 is 10.9. The lowest BCUT2D eigenvalue weighted by molar-refractivity contribution is -0.125. The third-order valence-electron chi connectivity index (χ3n) is 3.30. The molecule has 5 nitrogen and oxygen atoms in total. The van der Waals surface area contributed by atoms with Gasteiger partial charge in [-0.25, -0.2) is 0 Å². The fourth-order valence-electron chi connectivity index (χ4n) is 2.17. The second kappa shape index (κ2) is 10.2. The fourth-order valence-corrected chi connectivity index (χ4v) is 2.17. The zero-order valence-electron chi connectivity index (χ0n) is 12.0. The number of hydrogen-bond acceptors (Lipinski definition) is 4. The van der Waals surface area contributed by atoms with Crippen LogP contribution in [0.3, 0.4) is 0 Å². The molecule has 0 spiro atoms. The maximum absolute atomic E-state index is 11.3. The molecule has 0 aromatic heterocycles. The molecule has 1 saturated carbocycles. The molecule has 1 aliphatic rings. The Balaban J connectivity index is 1.89. The van der Waals surface area contributed by atoms with Gasteiger partial charge in [0.05, 0.1) is 6.10 Å². The van der Waals surface area contributed by atoms with Crippen LogP contribution in [0.2, 0.25) is 0 Å². The van der Waals surface area contributed by atoms with Gasteiger partial charge in [0.15, 0.2) is 0 Å². The number of carbonyl (C=O) groups excluding carboxylic acids is 1. The van der Waals surface area contributed by atoms with Crippen LogP contribution in [0.5, 0.6) is 0 Å². The van der Waals surface area contributed by atoms with E-state index in [-0.39, 0.29) is 12.5 Å². The zero-order chi connectivity index (χ0) is 13.9. The van der Waals surface area contributed by atoms with E-state index in [0.717, 1.165) is 38.5 Å². The first-order valence-electron chi connectivity index (χ1n) is 7.44. The van der Waals surface area contributed by atoms with Crippen molar-refractivity contribution in [3.05, 3.63) is 0 Å². The Labute approximate surface area is 116 Å². The quantitative estimate of drug-likeness (QED) is 0.619. The Morgan fingerprint density at radius 3 is 2.68 bits per heavy atom. The van der Waals surface area contributed by atoms with Crippen LogP contribution in [-0.4, -0.2) is 44.4 Å². The molecule has 5 heteroatoms. The third kappa shape index (κ3) is 8.18. The molecule has 0 saturated heterocycles. The highest BCUT2D eigenvalue weighted by molar-refractivity contribution is 5.77. The monoisotopic (exact) mass is 272 g/mol. The van der Waals surface area contributed by atoms with Crippen molar-refractivity contribution in [3.8, 4) is 0 Å². The number of nitrogens with two attached hydrogens (primary N) is 1. The lowest BCUT2D eigenvalue weighted by atomic mass is 9.94. The number of nitrogens with one attached hydrogen (secondary N) is 1. The number of amides is 1. The highest BCUT2D eigenvalue weighted by Crippen LogP contribution is 2.19. The van der Waals surface area contributed by atoms with E-state index in [2.05, 4.69) is 5.32 Å². The van der Waals surface area contributed by atoms with Crippen molar-refractivity contribution in [1.29, 1.82) is 0 Å². The molecule has 0 aliphatic heterocycles. The molecule has 112 valence electrons. The SMILES string of the molecule is CCCOCC(=O)NCCCOC1CCC(N)CC1. The van der Waals surface area contributed by atoms with Gasteiger partial charge >= 0.3 is 0 Å². The lowest BCUT2D eigenvalue weighted by Crippen LogP contribution is -2.31. The van der Waals surface area contributed by atoms with Gasteiger partial charge in [0, 0.05) is 25.8 Å². The van der Waals surface area contributed by atoms with Crippen molar-refractivity contribution in [2.75, 3.05) is 26.4 Å². The maximum atomic E-state index is 11.3. The van der Waals surface area contributed by atoms with Crippen LogP contribution >= 0.6 is 0 Å². The largest absolute Gasteiger partial charge is 0.378 e.